The second-order valence-electron chi connectivity index (χ2n) is 3.22. The summed E-state index contributed by atoms with van der Waals surface area (Å²) in [6.45, 7) is 2.00. The van der Waals surface area contributed by atoms with Gasteiger partial charge in [-0.15, -0.1) is 0 Å². The summed E-state index contributed by atoms with van der Waals surface area (Å²) in [4.78, 5) is 1.21. The molecule has 11 heavy (non-hydrogen) atoms. The van der Waals surface area contributed by atoms with Gasteiger partial charge in [0.05, 0.1) is 5.69 Å². The Kier molecular flexibility index (Phi) is 1.69. The second kappa shape index (κ2) is 2.57. The number of nitrogens with zero attached hydrogens (tertiary/aromatic N) is 1. The first kappa shape index (κ1) is 7.25. The van der Waals surface area contributed by atoms with E-state index in [9.17, 15) is 0 Å². The van der Waals surface area contributed by atoms with Crippen molar-refractivity contribution in [3.05, 3.63) is 16.6 Å². The van der Waals surface area contributed by atoms with Gasteiger partial charge in [-0.05, 0) is 37.4 Å². The zero-order valence-corrected chi connectivity index (χ0v) is 7.40. The number of aromatic nitrogens is 1. The van der Waals surface area contributed by atoms with Crippen LogP contribution in [0.25, 0.3) is 0 Å². The lowest BCUT2D eigenvalue weighted by atomic mass is 10.2. The molecule has 0 saturated heterocycles. The van der Waals surface area contributed by atoms with Gasteiger partial charge in [0.1, 0.15) is 0 Å². The molecule has 1 aliphatic rings. The van der Waals surface area contributed by atoms with Gasteiger partial charge in [-0.3, -0.25) is 0 Å². The Balaban J connectivity index is 2.18. The van der Waals surface area contributed by atoms with E-state index in [0.29, 0.717) is 0 Å². The van der Waals surface area contributed by atoms with Crippen molar-refractivity contribution in [1.82, 2.24) is 4.37 Å². The van der Waals surface area contributed by atoms with Crippen LogP contribution >= 0.6 is 11.5 Å². The van der Waals surface area contributed by atoms with Crippen molar-refractivity contribution < 1.29 is 0 Å². The standard InChI is InChI=1S/C8H12N2S/c1-5(9)8-4-7(10-11-8)6-2-3-6/h4-6H,2-3,9H2,1H3. The van der Waals surface area contributed by atoms with E-state index in [4.69, 9.17) is 5.73 Å². The summed E-state index contributed by atoms with van der Waals surface area (Å²) in [5.74, 6) is 0.763. The highest BCUT2D eigenvalue weighted by Crippen LogP contribution is 2.40. The number of nitrogens with two attached hydrogens (primary N) is 1. The highest BCUT2D eigenvalue weighted by molar-refractivity contribution is 7.05. The third-order valence-corrected chi connectivity index (χ3v) is 2.99. The molecule has 0 spiro atoms. The third kappa shape index (κ3) is 1.44. The Morgan fingerprint density at radius 3 is 2.91 bits per heavy atom. The SMILES string of the molecule is CC(N)c1cc(C2CC2)ns1. The first-order valence-electron chi connectivity index (χ1n) is 3.99. The maximum Gasteiger partial charge on any atom is 0.0576 e. The van der Waals surface area contributed by atoms with Gasteiger partial charge in [-0.2, -0.15) is 4.37 Å². The minimum absolute atomic E-state index is 0.153. The van der Waals surface area contributed by atoms with Crippen LogP contribution in [0.4, 0.5) is 0 Å². The highest BCUT2D eigenvalue weighted by atomic mass is 32.1. The van der Waals surface area contributed by atoms with Gasteiger partial charge in [0.15, 0.2) is 0 Å². The largest absolute Gasteiger partial charge is 0.323 e. The minimum atomic E-state index is 0.153. The molecule has 0 aliphatic heterocycles. The van der Waals surface area contributed by atoms with Gasteiger partial charge in [-0.25, -0.2) is 0 Å². The van der Waals surface area contributed by atoms with Gasteiger partial charge >= 0.3 is 0 Å². The lowest BCUT2D eigenvalue weighted by molar-refractivity contribution is 0.836. The Hall–Kier alpha value is -0.410. The normalized spacial score (nSPS) is 20.2. The predicted octanol–water partition coefficient (Wildman–Crippen LogP) is 2.04. The van der Waals surface area contributed by atoms with Crippen LogP contribution in [0.3, 0.4) is 0 Å². The van der Waals surface area contributed by atoms with Crippen LogP contribution in [0, 0.1) is 0 Å². The van der Waals surface area contributed by atoms with Gasteiger partial charge in [-0.1, -0.05) is 0 Å². The summed E-state index contributed by atoms with van der Waals surface area (Å²) in [7, 11) is 0. The van der Waals surface area contributed by atoms with Gasteiger partial charge in [0, 0.05) is 16.8 Å². The molecular formula is C8H12N2S. The molecule has 1 unspecified atom stereocenters. The molecule has 1 aromatic heterocycles. The third-order valence-electron chi connectivity index (χ3n) is 1.99. The smallest absolute Gasteiger partial charge is 0.0576 e. The fourth-order valence-electron chi connectivity index (χ4n) is 1.09. The van der Waals surface area contributed by atoms with Gasteiger partial charge in [0.2, 0.25) is 0 Å². The molecule has 1 aliphatic carbocycles. The lowest BCUT2D eigenvalue weighted by Crippen LogP contribution is -2.01. The second-order valence-corrected chi connectivity index (χ2v) is 4.05. The molecule has 1 fully saturated rings. The van der Waals surface area contributed by atoms with Crippen molar-refractivity contribution in [3.8, 4) is 0 Å². The minimum Gasteiger partial charge on any atom is -0.323 e. The summed E-state index contributed by atoms with van der Waals surface area (Å²) in [5.41, 5.74) is 6.98. The molecular weight excluding hydrogens is 156 g/mol. The van der Waals surface area contributed by atoms with E-state index in [0.717, 1.165) is 5.92 Å². The number of rotatable bonds is 2. The molecule has 60 valence electrons. The Labute approximate surface area is 70.6 Å². The maximum atomic E-state index is 5.72. The molecule has 1 heterocycles. The molecule has 0 amide bonds. The van der Waals surface area contributed by atoms with E-state index < -0.39 is 0 Å². The molecule has 0 aromatic carbocycles. The molecule has 1 atom stereocenters. The molecule has 0 bridgehead atoms. The summed E-state index contributed by atoms with van der Waals surface area (Å²) in [6, 6.07) is 2.31. The van der Waals surface area contributed by atoms with Crippen molar-refractivity contribution >= 4 is 11.5 Å². The molecule has 0 radical (unpaired) electrons. The fraction of sp³-hybridized carbons (Fsp3) is 0.625. The zero-order chi connectivity index (χ0) is 7.84. The Morgan fingerprint density at radius 2 is 2.45 bits per heavy atom. The lowest BCUT2D eigenvalue weighted by Gasteiger charge is -1.95. The van der Waals surface area contributed by atoms with Crippen LogP contribution in [0.2, 0.25) is 0 Å². The average Bonchev–Trinajstić information content (AvgIpc) is 2.68. The van der Waals surface area contributed by atoms with Crippen LogP contribution in [-0.4, -0.2) is 4.37 Å². The molecule has 2 N–H and O–H groups in total. The summed E-state index contributed by atoms with van der Waals surface area (Å²) in [5, 5.41) is 0. The van der Waals surface area contributed by atoms with Crippen LogP contribution in [0.15, 0.2) is 6.07 Å². The van der Waals surface area contributed by atoms with Crippen LogP contribution < -0.4 is 5.73 Å². The van der Waals surface area contributed by atoms with Crippen LogP contribution in [0.5, 0.6) is 0 Å². The molecule has 2 nitrogen and oxygen atoms in total. The highest BCUT2D eigenvalue weighted by Gasteiger charge is 2.26. The van der Waals surface area contributed by atoms with E-state index in [-0.39, 0.29) is 6.04 Å². The number of hydrogen-bond acceptors (Lipinski definition) is 3. The first-order valence-corrected chi connectivity index (χ1v) is 4.77. The number of hydrogen-bond donors (Lipinski definition) is 1. The van der Waals surface area contributed by atoms with Crippen molar-refractivity contribution in [2.75, 3.05) is 0 Å². The van der Waals surface area contributed by atoms with Crippen molar-refractivity contribution in [2.45, 2.75) is 31.7 Å². The van der Waals surface area contributed by atoms with Crippen molar-refractivity contribution in [1.29, 1.82) is 0 Å². The molecule has 1 aromatic rings. The summed E-state index contributed by atoms with van der Waals surface area (Å²) in [6.07, 6.45) is 2.64. The molecule has 2 rings (SSSR count). The van der Waals surface area contributed by atoms with Crippen LogP contribution in [-0.2, 0) is 0 Å². The predicted molar refractivity (Wildman–Crippen MR) is 46.7 cm³/mol. The van der Waals surface area contributed by atoms with E-state index in [2.05, 4.69) is 10.4 Å². The topological polar surface area (TPSA) is 38.9 Å². The van der Waals surface area contributed by atoms with Gasteiger partial charge < -0.3 is 5.73 Å². The van der Waals surface area contributed by atoms with Crippen molar-refractivity contribution in [3.63, 3.8) is 0 Å². The Morgan fingerprint density at radius 1 is 1.73 bits per heavy atom. The molecule has 1 saturated carbocycles. The van der Waals surface area contributed by atoms with E-state index in [1.54, 1.807) is 11.5 Å². The summed E-state index contributed by atoms with van der Waals surface area (Å²) < 4.78 is 4.36. The Bertz CT molecular complexity index is 234. The van der Waals surface area contributed by atoms with E-state index in [1.807, 2.05) is 6.92 Å². The monoisotopic (exact) mass is 168 g/mol. The van der Waals surface area contributed by atoms with E-state index in [1.165, 1.54) is 23.4 Å². The maximum absolute atomic E-state index is 5.72. The van der Waals surface area contributed by atoms with Gasteiger partial charge in [0.25, 0.3) is 0 Å². The quantitative estimate of drug-likeness (QED) is 0.734. The zero-order valence-electron chi connectivity index (χ0n) is 6.58. The van der Waals surface area contributed by atoms with Crippen LogP contribution in [0.1, 0.15) is 42.3 Å². The van der Waals surface area contributed by atoms with Crippen molar-refractivity contribution in [2.24, 2.45) is 5.73 Å². The molecule has 3 heteroatoms. The van der Waals surface area contributed by atoms with E-state index >= 15 is 0 Å². The first-order chi connectivity index (χ1) is 5.27. The average molecular weight is 168 g/mol. The fourth-order valence-corrected chi connectivity index (χ4v) is 1.84. The summed E-state index contributed by atoms with van der Waals surface area (Å²) >= 11 is 1.55.